The number of benzene rings is 1. The number of hydrogen-bond donors (Lipinski definition) is 0. The molecule has 0 atom stereocenters. The highest BCUT2D eigenvalue weighted by atomic mass is 16.5. The average Bonchev–Trinajstić information content (AvgIpc) is 2.34. The number of esters is 1. The van der Waals surface area contributed by atoms with Crippen molar-refractivity contribution in [1.29, 1.82) is 0 Å². The molecule has 0 amide bonds. The van der Waals surface area contributed by atoms with Crippen molar-refractivity contribution in [2.45, 2.75) is 46.5 Å². The second kappa shape index (κ2) is 7.20. The lowest BCUT2D eigenvalue weighted by molar-refractivity contribution is -0.147. The molecule has 0 heterocycles. The molecule has 18 heavy (non-hydrogen) atoms. The van der Waals surface area contributed by atoms with Gasteiger partial charge in [0.2, 0.25) is 0 Å². The van der Waals surface area contributed by atoms with Gasteiger partial charge in [-0.25, -0.2) is 0 Å². The van der Waals surface area contributed by atoms with Gasteiger partial charge in [0.15, 0.2) is 0 Å². The van der Waals surface area contributed by atoms with Crippen LogP contribution in [0.25, 0.3) is 0 Å². The molecule has 0 fully saturated rings. The van der Waals surface area contributed by atoms with Gasteiger partial charge in [-0.1, -0.05) is 52.0 Å². The number of ether oxygens (including phenoxy) is 1. The molecular weight excluding hydrogens is 224 g/mol. The van der Waals surface area contributed by atoms with Gasteiger partial charge in [-0.2, -0.15) is 0 Å². The zero-order chi connectivity index (χ0) is 13.5. The number of carbonyl (C=O) groups excluding carboxylic acids is 1. The first-order chi connectivity index (χ1) is 8.50. The molecule has 100 valence electrons. The maximum absolute atomic E-state index is 11.3. The lowest BCUT2D eigenvalue weighted by atomic mass is 10.0. The first kappa shape index (κ1) is 14.7. The van der Waals surface area contributed by atoms with Crippen molar-refractivity contribution in [2.24, 2.45) is 5.92 Å². The monoisotopic (exact) mass is 248 g/mol. The second-order valence-corrected chi connectivity index (χ2v) is 5.32. The van der Waals surface area contributed by atoms with Gasteiger partial charge >= 0.3 is 5.97 Å². The minimum atomic E-state index is -0.106. The van der Waals surface area contributed by atoms with E-state index < -0.39 is 0 Å². The van der Waals surface area contributed by atoms with E-state index in [0.717, 1.165) is 12.8 Å². The van der Waals surface area contributed by atoms with Crippen LogP contribution < -0.4 is 0 Å². The largest absolute Gasteiger partial charge is 0.465 e. The first-order valence-corrected chi connectivity index (χ1v) is 6.76. The molecule has 0 aromatic heterocycles. The predicted molar refractivity (Wildman–Crippen MR) is 74.6 cm³/mol. The molecular formula is C16H24O2. The molecule has 0 N–H and O–H groups in total. The van der Waals surface area contributed by atoms with E-state index in [-0.39, 0.29) is 11.9 Å². The lowest BCUT2D eigenvalue weighted by Gasteiger charge is -2.08. The Bertz CT molecular complexity index is 363. The summed E-state index contributed by atoms with van der Waals surface area (Å²) in [5.41, 5.74) is 2.67. The van der Waals surface area contributed by atoms with Crippen LogP contribution in [-0.2, 0) is 16.0 Å². The van der Waals surface area contributed by atoms with E-state index in [4.69, 9.17) is 4.74 Å². The Morgan fingerprint density at radius 1 is 1.11 bits per heavy atom. The average molecular weight is 248 g/mol. The van der Waals surface area contributed by atoms with Gasteiger partial charge in [0.25, 0.3) is 0 Å². The molecule has 0 aliphatic heterocycles. The summed E-state index contributed by atoms with van der Waals surface area (Å²) in [5, 5.41) is 0. The number of rotatable bonds is 6. The van der Waals surface area contributed by atoms with Crippen molar-refractivity contribution in [1.82, 2.24) is 0 Å². The van der Waals surface area contributed by atoms with Gasteiger partial charge in [-0.3, -0.25) is 4.79 Å². The Morgan fingerprint density at radius 2 is 1.72 bits per heavy atom. The van der Waals surface area contributed by atoms with Crippen LogP contribution in [0.3, 0.4) is 0 Å². The summed E-state index contributed by atoms with van der Waals surface area (Å²) >= 11 is 0. The van der Waals surface area contributed by atoms with E-state index >= 15 is 0 Å². The number of hydrogen-bond acceptors (Lipinski definition) is 2. The van der Waals surface area contributed by atoms with Gasteiger partial charge in [-0.05, 0) is 29.9 Å². The molecule has 2 heteroatoms. The standard InChI is InChI=1S/C16H24O2/c1-12(2)15-9-7-14(8-10-15)6-5-11-18-16(17)13(3)4/h7-10,12-13H,5-6,11H2,1-4H3. The molecule has 0 aliphatic carbocycles. The molecule has 1 rings (SSSR count). The molecule has 0 saturated carbocycles. The van der Waals surface area contributed by atoms with Gasteiger partial charge < -0.3 is 4.74 Å². The molecule has 0 radical (unpaired) electrons. The van der Waals surface area contributed by atoms with Gasteiger partial charge in [-0.15, -0.1) is 0 Å². The third kappa shape index (κ3) is 4.91. The van der Waals surface area contributed by atoms with E-state index in [1.807, 2.05) is 13.8 Å². The minimum Gasteiger partial charge on any atom is -0.465 e. The Kier molecular flexibility index (Phi) is 5.90. The van der Waals surface area contributed by atoms with Gasteiger partial charge in [0.1, 0.15) is 0 Å². The second-order valence-electron chi connectivity index (χ2n) is 5.32. The van der Waals surface area contributed by atoms with Crippen LogP contribution in [0, 0.1) is 5.92 Å². The predicted octanol–water partition coefficient (Wildman–Crippen LogP) is 3.94. The summed E-state index contributed by atoms with van der Waals surface area (Å²) in [5.74, 6) is 0.437. The van der Waals surface area contributed by atoms with E-state index in [1.165, 1.54) is 11.1 Å². The van der Waals surface area contributed by atoms with Crippen molar-refractivity contribution >= 4 is 5.97 Å². The van der Waals surface area contributed by atoms with Crippen molar-refractivity contribution in [3.05, 3.63) is 35.4 Å². The van der Waals surface area contributed by atoms with Crippen LogP contribution >= 0.6 is 0 Å². The molecule has 0 aliphatic rings. The highest BCUT2D eigenvalue weighted by Gasteiger charge is 2.07. The SMILES string of the molecule is CC(C)C(=O)OCCCc1ccc(C(C)C)cc1. The van der Waals surface area contributed by atoms with Crippen LogP contribution in [0.15, 0.2) is 24.3 Å². The lowest BCUT2D eigenvalue weighted by Crippen LogP contribution is -2.12. The fourth-order valence-corrected chi connectivity index (χ4v) is 1.68. The van der Waals surface area contributed by atoms with Crippen molar-refractivity contribution in [2.75, 3.05) is 6.61 Å². The summed E-state index contributed by atoms with van der Waals surface area (Å²) in [7, 11) is 0. The van der Waals surface area contributed by atoms with E-state index in [1.54, 1.807) is 0 Å². The van der Waals surface area contributed by atoms with Gasteiger partial charge in [0.05, 0.1) is 12.5 Å². The maximum Gasteiger partial charge on any atom is 0.308 e. The molecule has 1 aromatic carbocycles. The summed E-state index contributed by atoms with van der Waals surface area (Å²) < 4.78 is 5.15. The molecule has 0 bridgehead atoms. The summed E-state index contributed by atoms with van der Waals surface area (Å²) in [4.78, 5) is 11.3. The van der Waals surface area contributed by atoms with E-state index in [2.05, 4.69) is 38.1 Å². The highest BCUT2D eigenvalue weighted by Crippen LogP contribution is 2.15. The number of aryl methyl sites for hydroxylation is 1. The normalized spacial score (nSPS) is 11.0. The topological polar surface area (TPSA) is 26.3 Å². The highest BCUT2D eigenvalue weighted by molar-refractivity contribution is 5.71. The molecule has 0 saturated heterocycles. The van der Waals surface area contributed by atoms with Crippen LogP contribution in [0.5, 0.6) is 0 Å². The van der Waals surface area contributed by atoms with Crippen molar-refractivity contribution < 1.29 is 9.53 Å². The zero-order valence-corrected chi connectivity index (χ0v) is 11.9. The summed E-state index contributed by atoms with van der Waals surface area (Å²) in [6, 6.07) is 8.69. The molecule has 2 nitrogen and oxygen atoms in total. The zero-order valence-electron chi connectivity index (χ0n) is 11.9. The minimum absolute atomic E-state index is 0.0321. The van der Waals surface area contributed by atoms with Crippen molar-refractivity contribution in [3.8, 4) is 0 Å². The smallest absolute Gasteiger partial charge is 0.308 e. The van der Waals surface area contributed by atoms with E-state index in [9.17, 15) is 4.79 Å². The van der Waals surface area contributed by atoms with Gasteiger partial charge in [0, 0.05) is 0 Å². The van der Waals surface area contributed by atoms with Crippen LogP contribution in [-0.4, -0.2) is 12.6 Å². The Morgan fingerprint density at radius 3 is 2.22 bits per heavy atom. The quantitative estimate of drug-likeness (QED) is 0.563. The molecule has 0 unspecified atom stereocenters. The first-order valence-electron chi connectivity index (χ1n) is 6.76. The Balaban J connectivity index is 2.29. The van der Waals surface area contributed by atoms with E-state index in [0.29, 0.717) is 12.5 Å². The third-order valence-electron chi connectivity index (χ3n) is 2.97. The Labute approximate surface area is 110 Å². The fourth-order valence-electron chi connectivity index (χ4n) is 1.68. The Hall–Kier alpha value is -1.31. The summed E-state index contributed by atoms with van der Waals surface area (Å²) in [6.07, 6.45) is 1.85. The summed E-state index contributed by atoms with van der Waals surface area (Å²) in [6.45, 7) is 8.61. The van der Waals surface area contributed by atoms with Crippen LogP contribution in [0.4, 0.5) is 0 Å². The fraction of sp³-hybridized carbons (Fsp3) is 0.562. The molecule has 1 aromatic rings. The van der Waals surface area contributed by atoms with Crippen LogP contribution in [0.1, 0.15) is 51.2 Å². The molecule has 0 spiro atoms. The number of carbonyl (C=O) groups is 1. The third-order valence-corrected chi connectivity index (χ3v) is 2.97. The van der Waals surface area contributed by atoms with Crippen molar-refractivity contribution in [3.63, 3.8) is 0 Å². The van der Waals surface area contributed by atoms with Crippen LogP contribution in [0.2, 0.25) is 0 Å². The maximum atomic E-state index is 11.3.